The minimum atomic E-state index is -0.284. The molecule has 4 nitrogen and oxygen atoms in total. The van der Waals surface area contributed by atoms with Crippen molar-refractivity contribution < 1.29 is 14.3 Å². The van der Waals surface area contributed by atoms with Gasteiger partial charge in [-0.1, -0.05) is 12.1 Å². The Hall–Kier alpha value is -1.55. The quantitative estimate of drug-likeness (QED) is 0.686. The van der Waals surface area contributed by atoms with Crippen LogP contribution in [0.2, 0.25) is 0 Å². The molecular weight excluding hydrogens is 266 g/mol. The summed E-state index contributed by atoms with van der Waals surface area (Å²) in [4.78, 5) is 12.3. The highest BCUT2D eigenvalue weighted by atomic mass is 16.6. The topological polar surface area (TPSA) is 61.5 Å². The predicted molar refractivity (Wildman–Crippen MR) is 80.9 cm³/mol. The lowest BCUT2D eigenvalue weighted by molar-refractivity contribution is -0.181. The van der Waals surface area contributed by atoms with Gasteiger partial charge in [-0.3, -0.25) is 4.79 Å². The number of hydrogen-bond donors (Lipinski definition) is 1. The molecular formula is C17H23NO3. The molecule has 0 bridgehead atoms. The van der Waals surface area contributed by atoms with Crippen LogP contribution in [-0.4, -0.2) is 24.3 Å². The zero-order chi connectivity index (χ0) is 14.9. The number of anilines is 1. The molecule has 1 aromatic rings. The third-order valence-electron chi connectivity index (χ3n) is 4.76. The average molecular weight is 289 g/mol. The van der Waals surface area contributed by atoms with Crippen LogP contribution in [0.5, 0.6) is 0 Å². The van der Waals surface area contributed by atoms with Gasteiger partial charge in [0.15, 0.2) is 0 Å². The van der Waals surface area contributed by atoms with E-state index in [1.165, 1.54) is 6.42 Å². The van der Waals surface area contributed by atoms with Crippen molar-refractivity contribution in [2.45, 2.75) is 56.7 Å². The molecule has 1 aromatic carbocycles. The van der Waals surface area contributed by atoms with Crippen molar-refractivity contribution in [1.82, 2.24) is 0 Å². The molecule has 2 N–H and O–H groups in total. The van der Waals surface area contributed by atoms with Gasteiger partial charge < -0.3 is 15.2 Å². The first-order valence-electron chi connectivity index (χ1n) is 7.78. The highest BCUT2D eigenvalue weighted by Gasteiger charge is 2.43. The van der Waals surface area contributed by atoms with E-state index in [2.05, 4.69) is 0 Å². The van der Waals surface area contributed by atoms with Gasteiger partial charge in [0.25, 0.3) is 0 Å². The molecule has 0 aromatic heterocycles. The zero-order valence-corrected chi connectivity index (χ0v) is 12.5. The van der Waals surface area contributed by atoms with Crippen LogP contribution in [0.1, 0.15) is 50.5 Å². The van der Waals surface area contributed by atoms with Crippen LogP contribution in [-0.2, 0) is 14.3 Å². The van der Waals surface area contributed by atoms with E-state index in [1.54, 1.807) is 0 Å². The Morgan fingerprint density at radius 1 is 1.48 bits per heavy atom. The predicted octanol–water partition coefficient (Wildman–Crippen LogP) is 3.02. The molecule has 1 saturated carbocycles. The molecule has 1 spiro atoms. The van der Waals surface area contributed by atoms with Gasteiger partial charge >= 0.3 is 5.97 Å². The number of hydrogen-bond acceptors (Lipinski definition) is 4. The highest BCUT2D eigenvalue weighted by molar-refractivity contribution is 5.78. The highest BCUT2D eigenvalue weighted by Crippen LogP contribution is 2.43. The van der Waals surface area contributed by atoms with Gasteiger partial charge in [0, 0.05) is 18.5 Å². The van der Waals surface area contributed by atoms with Gasteiger partial charge in [0.1, 0.15) is 6.10 Å². The Morgan fingerprint density at radius 3 is 2.95 bits per heavy atom. The smallest absolute Gasteiger partial charge is 0.313 e. The van der Waals surface area contributed by atoms with Crippen molar-refractivity contribution in [2.75, 3.05) is 12.3 Å². The number of ether oxygens (including phenoxy) is 2. The Kier molecular flexibility index (Phi) is 3.89. The molecule has 4 heteroatoms. The van der Waals surface area contributed by atoms with Gasteiger partial charge in [0.05, 0.1) is 18.1 Å². The minimum Gasteiger partial charge on any atom is -0.462 e. The van der Waals surface area contributed by atoms with E-state index in [4.69, 9.17) is 15.2 Å². The fourth-order valence-electron chi connectivity index (χ4n) is 3.23. The van der Waals surface area contributed by atoms with Crippen molar-refractivity contribution >= 4 is 11.7 Å². The van der Waals surface area contributed by atoms with Crippen LogP contribution in [0.3, 0.4) is 0 Å². The maximum absolute atomic E-state index is 12.3. The summed E-state index contributed by atoms with van der Waals surface area (Å²) in [6.45, 7) is 2.57. The molecule has 2 unspecified atom stereocenters. The molecule has 2 fully saturated rings. The first kappa shape index (κ1) is 14.4. The third-order valence-corrected chi connectivity index (χ3v) is 4.76. The lowest BCUT2D eigenvalue weighted by Crippen LogP contribution is -2.48. The van der Waals surface area contributed by atoms with E-state index >= 15 is 0 Å². The van der Waals surface area contributed by atoms with Crippen LogP contribution in [0.25, 0.3) is 0 Å². The first-order chi connectivity index (χ1) is 10.1. The molecule has 0 amide bonds. The summed E-state index contributed by atoms with van der Waals surface area (Å²) in [5.41, 5.74) is 7.36. The molecule has 0 radical (unpaired) electrons. The molecule has 1 aliphatic carbocycles. The fraction of sp³-hybridized carbons (Fsp3) is 0.588. The Bertz CT molecular complexity index is 525. The summed E-state index contributed by atoms with van der Waals surface area (Å²) in [6.07, 6.45) is 5.08. The van der Waals surface area contributed by atoms with Gasteiger partial charge in [-0.05, 0) is 43.9 Å². The Labute approximate surface area is 125 Å². The lowest BCUT2D eigenvalue weighted by atomic mass is 9.74. The van der Waals surface area contributed by atoms with E-state index in [-0.39, 0.29) is 23.6 Å². The van der Waals surface area contributed by atoms with Crippen molar-refractivity contribution in [3.63, 3.8) is 0 Å². The SMILES string of the molecule is CC(C(=O)OC1CCOC2(CCC2)C1)c1cccc(N)c1. The average Bonchev–Trinajstić information content (AvgIpc) is 2.45. The summed E-state index contributed by atoms with van der Waals surface area (Å²) < 4.78 is 11.6. The number of nitrogen functional groups attached to an aromatic ring is 1. The number of carbonyl (C=O) groups excluding carboxylic acids is 1. The molecule has 1 aliphatic heterocycles. The summed E-state index contributed by atoms with van der Waals surface area (Å²) in [5.74, 6) is -0.448. The van der Waals surface area contributed by atoms with E-state index < -0.39 is 0 Å². The van der Waals surface area contributed by atoms with Crippen LogP contribution in [0.4, 0.5) is 5.69 Å². The second-order valence-corrected chi connectivity index (χ2v) is 6.33. The van der Waals surface area contributed by atoms with Gasteiger partial charge in [-0.15, -0.1) is 0 Å². The van der Waals surface area contributed by atoms with Crippen molar-refractivity contribution in [1.29, 1.82) is 0 Å². The molecule has 114 valence electrons. The molecule has 2 aliphatic rings. The largest absolute Gasteiger partial charge is 0.462 e. The van der Waals surface area contributed by atoms with Crippen molar-refractivity contribution in [2.24, 2.45) is 0 Å². The normalized spacial score (nSPS) is 25.1. The zero-order valence-electron chi connectivity index (χ0n) is 12.5. The summed E-state index contributed by atoms with van der Waals surface area (Å²) in [7, 11) is 0. The Morgan fingerprint density at radius 2 is 2.29 bits per heavy atom. The molecule has 1 heterocycles. The number of benzene rings is 1. The minimum absolute atomic E-state index is 0.00358. The second kappa shape index (κ2) is 5.68. The number of nitrogens with two attached hydrogens (primary N) is 1. The second-order valence-electron chi connectivity index (χ2n) is 6.33. The van der Waals surface area contributed by atoms with Crippen molar-refractivity contribution in [3.05, 3.63) is 29.8 Å². The maximum atomic E-state index is 12.3. The molecule has 2 atom stereocenters. The van der Waals surface area contributed by atoms with E-state index in [0.29, 0.717) is 12.3 Å². The van der Waals surface area contributed by atoms with Crippen LogP contribution < -0.4 is 5.73 Å². The lowest BCUT2D eigenvalue weighted by Gasteiger charge is -2.46. The molecule has 1 saturated heterocycles. The van der Waals surface area contributed by atoms with Gasteiger partial charge in [-0.25, -0.2) is 0 Å². The van der Waals surface area contributed by atoms with Crippen LogP contribution >= 0.6 is 0 Å². The maximum Gasteiger partial charge on any atom is 0.313 e. The molecule has 3 rings (SSSR count). The van der Waals surface area contributed by atoms with Crippen LogP contribution in [0.15, 0.2) is 24.3 Å². The van der Waals surface area contributed by atoms with Gasteiger partial charge in [-0.2, -0.15) is 0 Å². The van der Waals surface area contributed by atoms with E-state index in [0.717, 1.165) is 31.2 Å². The summed E-state index contributed by atoms with van der Waals surface area (Å²) >= 11 is 0. The number of carbonyl (C=O) groups is 1. The van der Waals surface area contributed by atoms with E-state index in [9.17, 15) is 4.79 Å². The monoisotopic (exact) mass is 289 g/mol. The third kappa shape index (κ3) is 3.05. The fourth-order valence-corrected chi connectivity index (χ4v) is 3.23. The standard InChI is InChI=1S/C17H23NO3/c1-12(13-4-2-5-14(18)10-13)16(19)21-15-6-9-20-17(11-15)7-3-8-17/h2,4-5,10,12,15H,3,6-9,11,18H2,1H3. The van der Waals surface area contributed by atoms with Crippen molar-refractivity contribution in [3.8, 4) is 0 Å². The number of rotatable bonds is 3. The Balaban J connectivity index is 1.60. The number of esters is 1. The molecule has 21 heavy (non-hydrogen) atoms. The van der Waals surface area contributed by atoms with E-state index in [1.807, 2.05) is 31.2 Å². The van der Waals surface area contributed by atoms with Crippen LogP contribution in [0, 0.1) is 0 Å². The summed E-state index contributed by atoms with van der Waals surface area (Å²) in [5, 5.41) is 0. The van der Waals surface area contributed by atoms with Gasteiger partial charge in [0.2, 0.25) is 0 Å². The first-order valence-corrected chi connectivity index (χ1v) is 7.78. The summed E-state index contributed by atoms with van der Waals surface area (Å²) in [6, 6.07) is 7.44.